The summed E-state index contributed by atoms with van der Waals surface area (Å²) in [6, 6.07) is 12.1. The minimum atomic E-state index is -0.959. The molecule has 0 fully saturated rings. The summed E-state index contributed by atoms with van der Waals surface area (Å²) in [5, 5.41) is 13.9. The Morgan fingerprint density at radius 2 is 1.81 bits per heavy atom. The molecule has 138 valence electrons. The minimum absolute atomic E-state index is 0.00811. The van der Waals surface area contributed by atoms with Crippen molar-refractivity contribution in [2.75, 3.05) is 11.9 Å². The summed E-state index contributed by atoms with van der Waals surface area (Å²) < 4.78 is 26.4. The Morgan fingerprint density at radius 1 is 1.04 bits per heavy atom. The fourth-order valence-corrected chi connectivity index (χ4v) is 2.98. The molecule has 0 radical (unpaired) electrons. The van der Waals surface area contributed by atoms with Crippen LogP contribution in [0.25, 0.3) is 10.6 Å². The topological polar surface area (TPSA) is 84.0 Å². The van der Waals surface area contributed by atoms with Gasteiger partial charge in [0, 0.05) is 24.6 Å². The van der Waals surface area contributed by atoms with Crippen LogP contribution in [0.15, 0.2) is 48.5 Å². The highest BCUT2D eigenvalue weighted by atomic mass is 32.1. The van der Waals surface area contributed by atoms with Crippen molar-refractivity contribution < 1.29 is 18.4 Å². The molecule has 2 aromatic carbocycles. The van der Waals surface area contributed by atoms with Crippen molar-refractivity contribution in [3.63, 3.8) is 0 Å². The Bertz CT molecular complexity index is 963. The first kappa shape index (κ1) is 18.6. The van der Waals surface area contributed by atoms with Crippen LogP contribution in [-0.4, -0.2) is 28.6 Å². The summed E-state index contributed by atoms with van der Waals surface area (Å²) in [4.78, 5) is 23.8. The van der Waals surface area contributed by atoms with Gasteiger partial charge in [-0.15, -0.1) is 10.2 Å². The molecule has 0 aliphatic heterocycles. The molecular formula is C18H14F2N4O2S. The van der Waals surface area contributed by atoms with Crippen molar-refractivity contribution in [2.45, 2.75) is 6.42 Å². The van der Waals surface area contributed by atoms with Gasteiger partial charge in [-0.1, -0.05) is 41.7 Å². The third-order valence-electron chi connectivity index (χ3n) is 3.51. The molecule has 0 bridgehead atoms. The Hall–Kier alpha value is -3.20. The maximum absolute atomic E-state index is 13.5. The fraction of sp³-hybridized carbons (Fsp3) is 0.111. The minimum Gasteiger partial charge on any atom is -0.351 e. The molecule has 2 N–H and O–H groups in total. The van der Waals surface area contributed by atoms with Gasteiger partial charge in [0.25, 0.3) is 5.91 Å². The van der Waals surface area contributed by atoms with Crippen molar-refractivity contribution in [2.24, 2.45) is 0 Å². The number of amides is 2. The highest BCUT2D eigenvalue weighted by Gasteiger charge is 2.13. The summed E-state index contributed by atoms with van der Waals surface area (Å²) in [6.07, 6.45) is -0.0329. The van der Waals surface area contributed by atoms with E-state index in [1.807, 2.05) is 30.3 Å². The Balaban J connectivity index is 1.49. The van der Waals surface area contributed by atoms with Crippen molar-refractivity contribution in [1.82, 2.24) is 15.5 Å². The summed E-state index contributed by atoms with van der Waals surface area (Å²) >= 11 is 1.23. The molecule has 27 heavy (non-hydrogen) atoms. The molecule has 2 amide bonds. The highest BCUT2D eigenvalue weighted by Crippen LogP contribution is 2.25. The van der Waals surface area contributed by atoms with E-state index in [1.54, 1.807) is 0 Å². The highest BCUT2D eigenvalue weighted by molar-refractivity contribution is 7.18. The van der Waals surface area contributed by atoms with Crippen LogP contribution in [0, 0.1) is 11.6 Å². The average molecular weight is 388 g/mol. The van der Waals surface area contributed by atoms with Gasteiger partial charge < -0.3 is 10.6 Å². The maximum Gasteiger partial charge on any atom is 0.254 e. The number of aromatic nitrogens is 2. The van der Waals surface area contributed by atoms with Crippen molar-refractivity contribution in [3.8, 4) is 10.6 Å². The molecule has 0 atom stereocenters. The van der Waals surface area contributed by atoms with E-state index in [1.165, 1.54) is 11.3 Å². The molecule has 0 saturated carbocycles. The molecule has 0 aliphatic carbocycles. The van der Waals surface area contributed by atoms with Crippen LogP contribution in [0.2, 0.25) is 0 Å². The lowest BCUT2D eigenvalue weighted by molar-refractivity contribution is -0.116. The zero-order valence-corrected chi connectivity index (χ0v) is 14.7. The van der Waals surface area contributed by atoms with E-state index in [0.29, 0.717) is 16.2 Å². The van der Waals surface area contributed by atoms with Crippen LogP contribution in [-0.2, 0) is 4.79 Å². The Morgan fingerprint density at radius 3 is 2.56 bits per heavy atom. The third kappa shape index (κ3) is 4.91. The number of halogens is 2. The SMILES string of the molecule is O=C(CCNC(=O)c1ccc(F)cc1F)Nc1nnc(-c2ccccc2)s1. The van der Waals surface area contributed by atoms with Crippen molar-refractivity contribution in [3.05, 3.63) is 65.7 Å². The summed E-state index contributed by atoms with van der Waals surface area (Å²) in [7, 11) is 0. The number of rotatable bonds is 6. The predicted octanol–water partition coefficient (Wildman–Crippen LogP) is 3.24. The van der Waals surface area contributed by atoms with Crippen LogP contribution in [0.4, 0.5) is 13.9 Å². The molecule has 6 nitrogen and oxygen atoms in total. The van der Waals surface area contributed by atoms with Gasteiger partial charge in [-0.25, -0.2) is 8.78 Å². The molecule has 0 spiro atoms. The van der Waals surface area contributed by atoms with Gasteiger partial charge >= 0.3 is 0 Å². The zero-order valence-electron chi connectivity index (χ0n) is 13.9. The second-order valence-corrected chi connectivity index (χ2v) is 6.43. The van der Waals surface area contributed by atoms with Gasteiger partial charge in [0.05, 0.1) is 5.56 Å². The average Bonchev–Trinajstić information content (AvgIpc) is 3.10. The Labute approximate surface area is 157 Å². The number of hydrogen-bond acceptors (Lipinski definition) is 5. The molecule has 0 saturated heterocycles. The second kappa shape index (κ2) is 8.45. The number of carbonyl (C=O) groups is 2. The van der Waals surface area contributed by atoms with E-state index >= 15 is 0 Å². The number of anilines is 1. The van der Waals surface area contributed by atoms with Gasteiger partial charge in [0.2, 0.25) is 11.0 Å². The molecule has 0 unspecified atom stereocenters. The molecule has 3 aromatic rings. The summed E-state index contributed by atoms with van der Waals surface area (Å²) in [5.41, 5.74) is 0.609. The monoisotopic (exact) mass is 388 g/mol. The number of hydrogen-bond donors (Lipinski definition) is 2. The number of benzene rings is 2. The number of carbonyl (C=O) groups excluding carboxylic acids is 2. The molecule has 1 heterocycles. The van der Waals surface area contributed by atoms with Crippen LogP contribution < -0.4 is 10.6 Å². The molecule has 3 rings (SSSR count). The first-order chi connectivity index (χ1) is 13.0. The molecule has 1 aromatic heterocycles. The first-order valence-corrected chi connectivity index (χ1v) is 8.76. The predicted molar refractivity (Wildman–Crippen MR) is 97.3 cm³/mol. The zero-order chi connectivity index (χ0) is 19.2. The smallest absolute Gasteiger partial charge is 0.254 e. The Kier molecular flexibility index (Phi) is 5.82. The van der Waals surface area contributed by atoms with Crippen LogP contribution in [0.3, 0.4) is 0 Å². The number of nitrogens with zero attached hydrogens (tertiary/aromatic N) is 2. The lowest BCUT2D eigenvalue weighted by Gasteiger charge is -2.06. The van der Waals surface area contributed by atoms with E-state index in [2.05, 4.69) is 20.8 Å². The first-order valence-electron chi connectivity index (χ1n) is 7.95. The van der Waals surface area contributed by atoms with Gasteiger partial charge in [-0.2, -0.15) is 0 Å². The lowest BCUT2D eigenvalue weighted by atomic mass is 10.2. The van der Waals surface area contributed by atoms with Gasteiger partial charge in [-0.05, 0) is 12.1 Å². The van der Waals surface area contributed by atoms with Crippen LogP contribution in [0.5, 0.6) is 0 Å². The van der Waals surface area contributed by atoms with Gasteiger partial charge in [-0.3, -0.25) is 9.59 Å². The quantitative estimate of drug-likeness (QED) is 0.679. The summed E-state index contributed by atoms with van der Waals surface area (Å²) in [5.74, 6) is -2.82. The van der Waals surface area contributed by atoms with Crippen molar-refractivity contribution >= 4 is 28.3 Å². The maximum atomic E-state index is 13.5. The van der Waals surface area contributed by atoms with Gasteiger partial charge in [0.15, 0.2) is 0 Å². The van der Waals surface area contributed by atoms with E-state index in [-0.39, 0.29) is 24.4 Å². The van der Waals surface area contributed by atoms with E-state index in [0.717, 1.165) is 17.7 Å². The number of nitrogens with one attached hydrogen (secondary N) is 2. The molecule has 9 heteroatoms. The molecule has 0 aliphatic rings. The van der Waals surface area contributed by atoms with Crippen LogP contribution in [0.1, 0.15) is 16.8 Å². The standard InChI is InChI=1S/C18H14F2N4O2S/c19-12-6-7-13(14(20)10-12)16(26)21-9-8-15(25)22-18-24-23-17(27-18)11-4-2-1-3-5-11/h1-7,10H,8-9H2,(H,21,26)(H,22,24,25). The normalized spacial score (nSPS) is 10.4. The molecular weight excluding hydrogens is 374 g/mol. The van der Waals surface area contributed by atoms with E-state index < -0.39 is 17.5 Å². The summed E-state index contributed by atoms with van der Waals surface area (Å²) in [6.45, 7) is -0.00811. The lowest BCUT2D eigenvalue weighted by Crippen LogP contribution is -2.28. The third-order valence-corrected chi connectivity index (χ3v) is 4.39. The van der Waals surface area contributed by atoms with Crippen LogP contribution >= 0.6 is 11.3 Å². The van der Waals surface area contributed by atoms with Crippen molar-refractivity contribution in [1.29, 1.82) is 0 Å². The van der Waals surface area contributed by atoms with E-state index in [4.69, 9.17) is 0 Å². The largest absolute Gasteiger partial charge is 0.351 e. The van der Waals surface area contributed by atoms with Gasteiger partial charge in [0.1, 0.15) is 16.6 Å². The fourth-order valence-electron chi connectivity index (χ4n) is 2.21. The second-order valence-electron chi connectivity index (χ2n) is 5.46. The van der Waals surface area contributed by atoms with E-state index in [9.17, 15) is 18.4 Å².